The highest BCUT2D eigenvalue weighted by Crippen LogP contribution is 2.38. The standard InChI is InChI=1S/C17H36N2O3Si/c1-12-10-18-11-13(19-15(20)21-16(2,3)4)14(12)22-23(8,9)17(5,6)7/h12-14,18H,10-11H2,1-9H3,(H,19,20). The quantitative estimate of drug-likeness (QED) is 0.769. The fraction of sp³-hybridized carbons (Fsp3) is 0.941. The van der Waals surface area contributed by atoms with Gasteiger partial charge in [0.1, 0.15) is 5.60 Å². The van der Waals surface area contributed by atoms with Crippen LogP contribution in [0.25, 0.3) is 0 Å². The third kappa shape index (κ3) is 6.08. The Morgan fingerprint density at radius 1 is 1.13 bits per heavy atom. The summed E-state index contributed by atoms with van der Waals surface area (Å²) in [6.07, 6.45) is -0.355. The Labute approximate surface area is 143 Å². The van der Waals surface area contributed by atoms with Crippen LogP contribution in [0.15, 0.2) is 0 Å². The van der Waals surface area contributed by atoms with Gasteiger partial charge in [0.05, 0.1) is 12.1 Å². The minimum Gasteiger partial charge on any atom is -0.444 e. The first-order chi connectivity index (χ1) is 10.2. The van der Waals surface area contributed by atoms with Gasteiger partial charge in [-0.05, 0) is 44.8 Å². The van der Waals surface area contributed by atoms with Gasteiger partial charge in [-0.25, -0.2) is 4.79 Å². The predicted octanol–water partition coefficient (Wildman–Crippen LogP) is 3.51. The van der Waals surface area contributed by atoms with Crippen LogP contribution in [0, 0.1) is 5.92 Å². The SMILES string of the molecule is CC1CNCC(NC(=O)OC(C)(C)C)C1O[Si](C)(C)C(C)(C)C. The zero-order chi connectivity index (χ0) is 18.1. The average molecular weight is 345 g/mol. The van der Waals surface area contributed by atoms with E-state index in [-0.39, 0.29) is 23.3 Å². The summed E-state index contributed by atoms with van der Waals surface area (Å²) in [6, 6.07) is -0.0669. The van der Waals surface area contributed by atoms with Crippen LogP contribution >= 0.6 is 0 Å². The van der Waals surface area contributed by atoms with Gasteiger partial charge in [-0.15, -0.1) is 0 Å². The summed E-state index contributed by atoms with van der Waals surface area (Å²) in [5, 5.41) is 6.52. The summed E-state index contributed by atoms with van der Waals surface area (Å²) in [4.78, 5) is 12.1. The molecular weight excluding hydrogens is 308 g/mol. The molecule has 0 aromatic carbocycles. The van der Waals surface area contributed by atoms with E-state index >= 15 is 0 Å². The van der Waals surface area contributed by atoms with Crippen molar-refractivity contribution in [2.45, 2.75) is 84.3 Å². The van der Waals surface area contributed by atoms with Crippen molar-refractivity contribution in [2.24, 2.45) is 5.92 Å². The van der Waals surface area contributed by atoms with Crippen LogP contribution in [0.5, 0.6) is 0 Å². The van der Waals surface area contributed by atoms with Gasteiger partial charge in [0.25, 0.3) is 0 Å². The molecule has 23 heavy (non-hydrogen) atoms. The van der Waals surface area contributed by atoms with Crippen LogP contribution in [0.3, 0.4) is 0 Å². The van der Waals surface area contributed by atoms with Gasteiger partial charge in [-0.2, -0.15) is 0 Å². The molecule has 0 aliphatic carbocycles. The number of hydrogen-bond acceptors (Lipinski definition) is 4. The van der Waals surface area contributed by atoms with Gasteiger partial charge in [0.15, 0.2) is 8.32 Å². The predicted molar refractivity (Wildman–Crippen MR) is 97.3 cm³/mol. The molecular formula is C17H36N2O3Si. The Hall–Kier alpha value is -0.593. The molecule has 2 N–H and O–H groups in total. The Kier molecular flexibility index (Phi) is 6.32. The van der Waals surface area contributed by atoms with E-state index < -0.39 is 13.9 Å². The van der Waals surface area contributed by atoms with Crippen LogP contribution in [-0.4, -0.2) is 45.2 Å². The second-order valence-corrected chi connectivity index (χ2v) is 14.0. The Balaban J connectivity index is 2.82. The van der Waals surface area contributed by atoms with Crippen molar-refractivity contribution >= 4 is 14.4 Å². The monoisotopic (exact) mass is 344 g/mol. The first kappa shape index (κ1) is 20.5. The molecule has 5 nitrogen and oxygen atoms in total. The molecule has 1 rings (SSSR count). The summed E-state index contributed by atoms with van der Waals surface area (Å²) in [5.41, 5.74) is -0.492. The smallest absolute Gasteiger partial charge is 0.408 e. The molecule has 1 aliphatic heterocycles. The number of nitrogens with one attached hydrogen (secondary N) is 2. The molecule has 1 fully saturated rings. The lowest BCUT2D eigenvalue weighted by molar-refractivity contribution is 0.0304. The molecule has 0 aromatic heterocycles. The van der Waals surface area contributed by atoms with E-state index in [9.17, 15) is 4.79 Å². The third-order valence-corrected chi connectivity index (χ3v) is 9.20. The Bertz CT molecular complexity index is 413. The molecule has 136 valence electrons. The summed E-state index contributed by atoms with van der Waals surface area (Å²) >= 11 is 0. The maximum atomic E-state index is 12.1. The number of rotatable bonds is 3. The number of piperidine rings is 1. The number of amides is 1. The highest BCUT2D eigenvalue weighted by atomic mass is 28.4. The van der Waals surface area contributed by atoms with Gasteiger partial charge in [-0.3, -0.25) is 0 Å². The molecule has 1 aliphatic rings. The van der Waals surface area contributed by atoms with Crippen molar-refractivity contribution in [2.75, 3.05) is 13.1 Å². The molecule has 0 bridgehead atoms. The van der Waals surface area contributed by atoms with Gasteiger partial charge < -0.3 is 19.8 Å². The minimum atomic E-state index is -1.89. The maximum absolute atomic E-state index is 12.1. The van der Waals surface area contributed by atoms with Crippen molar-refractivity contribution in [3.63, 3.8) is 0 Å². The number of hydrogen-bond donors (Lipinski definition) is 2. The van der Waals surface area contributed by atoms with E-state index in [2.05, 4.69) is 51.4 Å². The van der Waals surface area contributed by atoms with E-state index in [0.717, 1.165) is 6.54 Å². The molecule has 0 saturated carbocycles. The van der Waals surface area contributed by atoms with E-state index in [4.69, 9.17) is 9.16 Å². The van der Waals surface area contributed by atoms with Gasteiger partial charge in [-0.1, -0.05) is 27.7 Å². The average Bonchev–Trinajstić information content (AvgIpc) is 2.29. The van der Waals surface area contributed by atoms with Crippen molar-refractivity contribution in [1.82, 2.24) is 10.6 Å². The van der Waals surface area contributed by atoms with Crippen LogP contribution in [0.2, 0.25) is 18.1 Å². The molecule has 1 heterocycles. The largest absolute Gasteiger partial charge is 0.444 e. The molecule has 0 radical (unpaired) electrons. The molecule has 0 spiro atoms. The number of carbonyl (C=O) groups excluding carboxylic acids is 1. The van der Waals surface area contributed by atoms with Crippen molar-refractivity contribution in [1.29, 1.82) is 0 Å². The lowest BCUT2D eigenvalue weighted by atomic mass is 9.94. The summed E-state index contributed by atoms with van der Waals surface area (Å²) < 4.78 is 12.0. The fourth-order valence-electron chi connectivity index (χ4n) is 2.40. The minimum absolute atomic E-state index is 0.0182. The Morgan fingerprint density at radius 3 is 2.17 bits per heavy atom. The fourth-order valence-corrected chi connectivity index (χ4v) is 3.83. The maximum Gasteiger partial charge on any atom is 0.408 e. The summed E-state index contributed by atoms with van der Waals surface area (Å²) in [7, 11) is -1.89. The van der Waals surface area contributed by atoms with Crippen LogP contribution in [0.4, 0.5) is 4.79 Å². The second kappa shape index (κ2) is 7.11. The van der Waals surface area contributed by atoms with E-state index in [1.807, 2.05) is 20.8 Å². The van der Waals surface area contributed by atoms with Crippen molar-refractivity contribution < 1.29 is 14.0 Å². The zero-order valence-corrected chi connectivity index (χ0v) is 17.4. The zero-order valence-electron chi connectivity index (χ0n) is 16.4. The summed E-state index contributed by atoms with van der Waals surface area (Å²) in [6.45, 7) is 20.6. The van der Waals surface area contributed by atoms with Gasteiger partial charge in [0.2, 0.25) is 0 Å². The van der Waals surface area contributed by atoms with Crippen molar-refractivity contribution in [3.8, 4) is 0 Å². The molecule has 1 saturated heterocycles. The topological polar surface area (TPSA) is 59.6 Å². The van der Waals surface area contributed by atoms with E-state index in [0.29, 0.717) is 12.5 Å². The lowest BCUT2D eigenvalue weighted by Gasteiger charge is -2.45. The Morgan fingerprint density at radius 2 is 1.70 bits per heavy atom. The van der Waals surface area contributed by atoms with Crippen LogP contribution in [0.1, 0.15) is 48.5 Å². The van der Waals surface area contributed by atoms with E-state index in [1.54, 1.807) is 0 Å². The number of alkyl carbamates (subject to hydrolysis) is 1. The first-order valence-corrected chi connectivity index (χ1v) is 11.5. The normalized spacial score (nSPS) is 26.7. The van der Waals surface area contributed by atoms with Gasteiger partial charge >= 0.3 is 6.09 Å². The molecule has 3 unspecified atom stereocenters. The second-order valence-electron chi connectivity index (χ2n) is 9.23. The van der Waals surface area contributed by atoms with Gasteiger partial charge in [0, 0.05) is 13.1 Å². The van der Waals surface area contributed by atoms with Crippen LogP contribution in [-0.2, 0) is 9.16 Å². The third-order valence-electron chi connectivity index (χ3n) is 4.73. The van der Waals surface area contributed by atoms with Crippen molar-refractivity contribution in [3.05, 3.63) is 0 Å². The summed E-state index contributed by atoms with van der Waals surface area (Å²) in [5.74, 6) is 0.345. The molecule has 3 atom stereocenters. The molecule has 0 aromatic rings. The molecule has 1 amide bonds. The lowest BCUT2D eigenvalue weighted by Crippen LogP contribution is -2.61. The number of carbonyl (C=O) groups is 1. The highest BCUT2D eigenvalue weighted by molar-refractivity contribution is 6.74. The van der Waals surface area contributed by atoms with E-state index in [1.165, 1.54) is 0 Å². The first-order valence-electron chi connectivity index (χ1n) is 8.61. The van der Waals surface area contributed by atoms with Crippen LogP contribution < -0.4 is 10.6 Å². The number of ether oxygens (including phenoxy) is 1. The molecule has 6 heteroatoms. The highest BCUT2D eigenvalue weighted by Gasteiger charge is 2.43.